The molecule has 0 aromatic rings. The van der Waals surface area contributed by atoms with E-state index < -0.39 is 6.10 Å². The Kier molecular flexibility index (Phi) is 47.7. The van der Waals surface area contributed by atoms with Crippen LogP contribution in [0.15, 0.2) is 0 Å². The molecule has 0 saturated carbocycles. The highest BCUT2D eigenvalue weighted by Crippen LogP contribution is 2.17. The van der Waals surface area contributed by atoms with Crippen LogP contribution in [0.1, 0.15) is 303 Å². The average Bonchev–Trinajstić information content (AvgIpc) is 3.23. The lowest BCUT2D eigenvalue weighted by Crippen LogP contribution is -2.30. The van der Waals surface area contributed by atoms with Gasteiger partial charge in [-0.05, 0) is 19.3 Å². The second-order valence-corrected chi connectivity index (χ2v) is 18.2. The summed E-state index contributed by atoms with van der Waals surface area (Å²) in [6.07, 6.45) is 52.8. The largest absolute Gasteiger partial charge is 0.462 e. The molecule has 6 nitrogen and oxygen atoms in total. The third kappa shape index (κ3) is 47.3. The van der Waals surface area contributed by atoms with Crippen molar-refractivity contribution in [2.24, 2.45) is 0 Å². The van der Waals surface area contributed by atoms with Gasteiger partial charge < -0.3 is 14.2 Å². The van der Waals surface area contributed by atoms with Crippen LogP contribution < -0.4 is 0 Å². The lowest BCUT2D eigenvalue weighted by atomic mass is 10.0. The monoisotopic (exact) mass is 835 g/mol. The highest BCUT2D eigenvalue weighted by Gasteiger charge is 2.19. The second kappa shape index (κ2) is 49.1. The Morgan fingerprint density at radius 3 is 0.678 bits per heavy atom. The maximum Gasteiger partial charge on any atom is 0.306 e. The molecule has 1 unspecified atom stereocenters. The molecule has 0 aliphatic heterocycles. The molecule has 0 aromatic carbocycles. The second-order valence-electron chi connectivity index (χ2n) is 18.2. The minimum absolute atomic E-state index is 0.0633. The molecular weight excluding hydrogens is 733 g/mol. The Hall–Kier alpha value is -1.59. The van der Waals surface area contributed by atoms with Crippen molar-refractivity contribution >= 4 is 17.9 Å². The van der Waals surface area contributed by atoms with E-state index in [-0.39, 0.29) is 31.1 Å². The number of carbonyl (C=O) groups is 3. The summed E-state index contributed by atoms with van der Waals surface area (Å²) in [6.45, 7) is 6.60. The molecule has 1 atom stereocenters. The quantitative estimate of drug-likeness (QED) is 0.0345. The predicted molar refractivity (Wildman–Crippen MR) is 252 cm³/mol. The van der Waals surface area contributed by atoms with E-state index in [1.54, 1.807) is 0 Å². The zero-order valence-electron chi connectivity index (χ0n) is 40.1. The normalized spacial score (nSPS) is 11.8. The van der Waals surface area contributed by atoms with Gasteiger partial charge >= 0.3 is 17.9 Å². The van der Waals surface area contributed by atoms with Gasteiger partial charge in [-0.1, -0.05) is 265 Å². The molecule has 0 fully saturated rings. The minimum atomic E-state index is -0.757. The van der Waals surface area contributed by atoms with Crippen molar-refractivity contribution in [3.63, 3.8) is 0 Å². The van der Waals surface area contributed by atoms with Gasteiger partial charge in [0.1, 0.15) is 13.2 Å². The minimum Gasteiger partial charge on any atom is -0.462 e. The SMILES string of the molecule is CCCCCCCCCCCCCCCCCCCCCCCCCCC(=O)OCC(COC(=O)CCCCCCC)OC(=O)CCCCCCCCCCCCCC. The van der Waals surface area contributed by atoms with Gasteiger partial charge in [0, 0.05) is 19.3 Å². The Morgan fingerprint density at radius 1 is 0.271 bits per heavy atom. The van der Waals surface area contributed by atoms with Crippen LogP contribution >= 0.6 is 0 Å². The fourth-order valence-electron chi connectivity index (χ4n) is 8.09. The zero-order valence-corrected chi connectivity index (χ0v) is 40.1. The Labute approximate surface area is 368 Å². The fourth-order valence-corrected chi connectivity index (χ4v) is 8.09. The molecule has 0 aliphatic carbocycles. The molecule has 59 heavy (non-hydrogen) atoms. The van der Waals surface area contributed by atoms with Gasteiger partial charge in [0.05, 0.1) is 0 Å². The summed E-state index contributed by atoms with van der Waals surface area (Å²) in [5.41, 5.74) is 0. The van der Waals surface area contributed by atoms with E-state index in [0.29, 0.717) is 19.3 Å². The van der Waals surface area contributed by atoms with E-state index in [0.717, 1.165) is 64.2 Å². The van der Waals surface area contributed by atoms with Crippen molar-refractivity contribution < 1.29 is 28.6 Å². The maximum absolute atomic E-state index is 12.7. The number of hydrogen-bond donors (Lipinski definition) is 0. The van der Waals surface area contributed by atoms with Crippen molar-refractivity contribution in [3.05, 3.63) is 0 Å². The van der Waals surface area contributed by atoms with Crippen LogP contribution in [0.3, 0.4) is 0 Å². The molecule has 0 bridgehead atoms. The van der Waals surface area contributed by atoms with Gasteiger partial charge in [0.25, 0.3) is 0 Å². The standard InChI is InChI=1S/C53H102O6/c1-4-7-10-13-15-17-19-21-22-23-24-25-26-27-28-29-30-31-32-34-35-37-40-43-46-52(55)58-49-50(48-57-51(54)45-42-39-12-9-6-3)59-53(56)47-44-41-38-36-33-20-18-16-14-11-8-5-2/h50H,4-49H2,1-3H3. The molecule has 0 radical (unpaired) electrons. The molecule has 0 rings (SSSR count). The van der Waals surface area contributed by atoms with Crippen LogP contribution in [0.2, 0.25) is 0 Å². The maximum atomic E-state index is 12.7. The molecule has 0 aromatic heterocycles. The number of rotatable bonds is 49. The first-order valence-corrected chi connectivity index (χ1v) is 26.5. The van der Waals surface area contributed by atoms with Crippen LogP contribution in [-0.2, 0) is 28.6 Å². The summed E-state index contributed by atoms with van der Waals surface area (Å²) < 4.78 is 16.7. The molecule has 0 N–H and O–H groups in total. The van der Waals surface area contributed by atoms with Gasteiger partial charge in [-0.2, -0.15) is 0 Å². The van der Waals surface area contributed by atoms with Crippen molar-refractivity contribution in [1.29, 1.82) is 0 Å². The number of ether oxygens (including phenoxy) is 3. The summed E-state index contributed by atoms with van der Waals surface area (Å²) in [6, 6.07) is 0. The molecule has 350 valence electrons. The first-order valence-electron chi connectivity index (χ1n) is 26.5. The highest BCUT2D eigenvalue weighted by atomic mass is 16.6. The smallest absolute Gasteiger partial charge is 0.306 e. The van der Waals surface area contributed by atoms with Gasteiger partial charge in [-0.3, -0.25) is 14.4 Å². The molecule has 0 amide bonds. The van der Waals surface area contributed by atoms with Crippen molar-refractivity contribution in [2.75, 3.05) is 13.2 Å². The molecular formula is C53H102O6. The van der Waals surface area contributed by atoms with Crippen molar-refractivity contribution in [2.45, 2.75) is 309 Å². The zero-order chi connectivity index (χ0) is 43.0. The first-order chi connectivity index (χ1) is 29.0. The summed E-state index contributed by atoms with van der Waals surface area (Å²) >= 11 is 0. The van der Waals surface area contributed by atoms with E-state index in [2.05, 4.69) is 20.8 Å². The number of carbonyl (C=O) groups excluding carboxylic acids is 3. The summed E-state index contributed by atoms with van der Waals surface area (Å²) in [5.74, 6) is -0.859. The molecule has 0 heterocycles. The van der Waals surface area contributed by atoms with Gasteiger partial charge in [-0.25, -0.2) is 0 Å². The van der Waals surface area contributed by atoms with Crippen LogP contribution in [-0.4, -0.2) is 37.2 Å². The van der Waals surface area contributed by atoms with E-state index >= 15 is 0 Å². The predicted octanol–water partition coefficient (Wildman–Crippen LogP) is 17.2. The summed E-state index contributed by atoms with van der Waals surface area (Å²) in [7, 11) is 0. The number of esters is 3. The van der Waals surface area contributed by atoms with E-state index in [1.165, 1.54) is 199 Å². The third-order valence-corrected chi connectivity index (χ3v) is 12.1. The van der Waals surface area contributed by atoms with Gasteiger partial charge in [0.2, 0.25) is 0 Å². The molecule has 0 saturated heterocycles. The van der Waals surface area contributed by atoms with Crippen molar-refractivity contribution in [1.82, 2.24) is 0 Å². The number of hydrogen-bond acceptors (Lipinski definition) is 6. The van der Waals surface area contributed by atoms with E-state index in [4.69, 9.17) is 14.2 Å². The van der Waals surface area contributed by atoms with Crippen LogP contribution in [0.4, 0.5) is 0 Å². The van der Waals surface area contributed by atoms with Crippen LogP contribution in [0.25, 0.3) is 0 Å². The fraction of sp³-hybridized carbons (Fsp3) is 0.943. The van der Waals surface area contributed by atoms with Crippen LogP contribution in [0, 0.1) is 0 Å². The van der Waals surface area contributed by atoms with E-state index in [9.17, 15) is 14.4 Å². The van der Waals surface area contributed by atoms with E-state index in [1.807, 2.05) is 0 Å². The Bertz CT molecular complexity index is 874. The third-order valence-electron chi connectivity index (χ3n) is 12.1. The van der Waals surface area contributed by atoms with Gasteiger partial charge in [-0.15, -0.1) is 0 Å². The summed E-state index contributed by atoms with van der Waals surface area (Å²) in [5, 5.41) is 0. The molecule has 6 heteroatoms. The van der Waals surface area contributed by atoms with Crippen molar-refractivity contribution in [3.8, 4) is 0 Å². The number of unbranched alkanes of at least 4 members (excludes halogenated alkanes) is 38. The molecule has 0 aliphatic rings. The lowest BCUT2D eigenvalue weighted by Gasteiger charge is -2.18. The summed E-state index contributed by atoms with van der Waals surface area (Å²) in [4.78, 5) is 37.6. The molecule has 0 spiro atoms. The Balaban J connectivity index is 3.97. The lowest BCUT2D eigenvalue weighted by molar-refractivity contribution is -0.167. The average molecular weight is 835 g/mol. The van der Waals surface area contributed by atoms with Gasteiger partial charge in [0.15, 0.2) is 6.10 Å². The first kappa shape index (κ1) is 57.4. The highest BCUT2D eigenvalue weighted by molar-refractivity contribution is 5.71. The van der Waals surface area contributed by atoms with Crippen LogP contribution in [0.5, 0.6) is 0 Å². The Morgan fingerprint density at radius 2 is 0.458 bits per heavy atom. The topological polar surface area (TPSA) is 78.9 Å².